The maximum atomic E-state index is 12.6. The highest BCUT2D eigenvalue weighted by Crippen LogP contribution is 2.28. The zero-order chi connectivity index (χ0) is 15.2. The van der Waals surface area contributed by atoms with E-state index < -0.39 is 0 Å². The van der Waals surface area contributed by atoms with Crippen molar-refractivity contribution in [3.63, 3.8) is 0 Å². The lowest BCUT2D eigenvalue weighted by molar-refractivity contribution is -0.131. The van der Waals surface area contributed by atoms with E-state index in [2.05, 4.69) is 30.6 Å². The van der Waals surface area contributed by atoms with Crippen LogP contribution in [0.1, 0.15) is 25.6 Å². The minimum atomic E-state index is -0.117. The first kappa shape index (κ1) is 16.4. The minimum Gasteiger partial charge on any atom is -0.382 e. The molecule has 1 saturated heterocycles. The Labute approximate surface area is 130 Å². The number of amides is 1. The molecule has 0 aromatic carbocycles. The summed E-state index contributed by atoms with van der Waals surface area (Å²) < 4.78 is 10.4. The predicted molar refractivity (Wildman–Crippen MR) is 83.2 cm³/mol. The highest BCUT2D eigenvalue weighted by molar-refractivity contribution is 7.07. The Bertz CT molecular complexity index is 436. The largest absolute Gasteiger partial charge is 0.382 e. The van der Waals surface area contributed by atoms with E-state index in [0.717, 1.165) is 5.56 Å². The Morgan fingerprint density at radius 1 is 1.38 bits per heavy atom. The highest BCUT2D eigenvalue weighted by Gasteiger charge is 2.40. The molecular weight excluding hydrogens is 288 g/mol. The SMILES string of the molecule is COCCOCCN1C(=O)C(C(C)C)NC1c1ccsc1. The number of hydrogen-bond donors (Lipinski definition) is 1. The first-order chi connectivity index (χ1) is 10.1. The van der Waals surface area contributed by atoms with Crippen LogP contribution in [0.4, 0.5) is 0 Å². The van der Waals surface area contributed by atoms with Crippen LogP contribution in [-0.4, -0.2) is 50.3 Å². The van der Waals surface area contributed by atoms with Gasteiger partial charge < -0.3 is 14.4 Å². The van der Waals surface area contributed by atoms with Crippen molar-refractivity contribution in [3.05, 3.63) is 22.4 Å². The molecule has 0 bridgehead atoms. The van der Waals surface area contributed by atoms with Gasteiger partial charge in [0.05, 0.1) is 25.9 Å². The minimum absolute atomic E-state index is 0.0397. The molecule has 1 aliphatic heterocycles. The van der Waals surface area contributed by atoms with Crippen molar-refractivity contribution in [3.8, 4) is 0 Å². The summed E-state index contributed by atoms with van der Waals surface area (Å²) in [5.41, 5.74) is 1.15. The van der Waals surface area contributed by atoms with Crippen molar-refractivity contribution in [2.45, 2.75) is 26.1 Å². The van der Waals surface area contributed by atoms with Crippen molar-refractivity contribution in [1.29, 1.82) is 0 Å². The summed E-state index contributed by atoms with van der Waals surface area (Å²) in [4.78, 5) is 14.4. The van der Waals surface area contributed by atoms with E-state index in [1.807, 2.05) is 10.3 Å². The van der Waals surface area contributed by atoms with E-state index in [1.165, 1.54) is 0 Å². The zero-order valence-electron chi connectivity index (χ0n) is 12.9. The molecule has 118 valence electrons. The molecule has 1 amide bonds. The fourth-order valence-corrected chi connectivity index (χ4v) is 3.15. The molecule has 1 aliphatic rings. The van der Waals surface area contributed by atoms with Gasteiger partial charge in [0, 0.05) is 13.7 Å². The van der Waals surface area contributed by atoms with Gasteiger partial charge in [-0.15, -0.1) is 0 Å². The predicted octanol–water partition coefficient (Wildman–Crippen LogP) is 1.87. The van der Waals surface area contributed by atoms with Crippen LogP contribution in [0.5, 0.6) is 0 Å². The lowest BCUT2D eigenvalue weighted by atomic mass is 10.1. The standard InChI is InChI=1S/C15H24N2O3S/c1-11(2)13-15(18)17(5-6-20-8-7-19-3)14(16-13)12-4-9-21-10-12/h4,9-11,13-14,16H,5-8H2,1-3H3. The first-order valence-corrected chi connectivity index (χ1v) is 8.24. The first-order valence-electron chi connectivity index (χ1n) is 7.30. The van der Waals surface area contributed by atoms with Crippen molar-refractivity contribution in [2.24, 2.45) is 5.92 Å². The van der Waals surface area contributed by atoms with Crippen LogP contribution in [0, 0.1) is 5.92 Å². The van der Waals surface area contributed by atoms with E-state index in [4.69, 9.17) is 9.47 Å². The van der Waals surface area contributed by atoms with Gasteiger partial charge in [0.2, 0.25) is 5.91 Å². The van der Waals surface area contributed by atoms with E-state index in [-0.39, 0.29) is 24.0 Å². The van der Waals surface area contributed by atoms with Crippen LogP contribution < -0.4 is 5.32 Å². The number of methoxy groups -OCH3 is 1. The van der Waals surface area contributed by atoms with Gasteiger partial charge in [-0.05, 0) is 28.3 Å². The fraction of sp³-hybridized carbons (Fsp3) is 0.667. The van der Waals surface area contributed by atoms with Gasteiger partial charge in [-0.2, -0.15) is 11.3 Å². The second-order valence-corrected chi connectivity index (χ2v) is 6.26. The molecule has 6 heteroatoms. The zero-order valence-corrected chi connectivity index (χ0v) is 13.7. The molecule has 21 heavy (non-hydrogen) atoms. The molecule has 2 unspecified atom stereocenters. The smallest absolute Gasteiger partial charge is 0.241 e. The summed E-state index contributed by atoms with van der Waals surface area (Å²) in [7, 11) is 1.65. The van der Waals surface area contributed by atoms with E-state index in [0.29, 0.717) is 26.4 Å². The molecular formula is C15H24N2O3S. The number of carbonyl (C=O) groups is 1. The lowest BCUT2D eigenvalue weighted by Crippen LogP contribution is -2.36. The summed E-state index contributed by atoms with van der Waals surface area (Å²) in [5, 5.41) is 7.58. The van der Waals surface area contributed by atoms with E-state index in [9.17, 15) is 4.79 Å². The summed E-state index contributed by atoms with van der Waals surface area (Å²) >= 11 is 1.65. The summed E-state index contributed by atoms with van der Waals surface area (Å²) in [6, 6.07) is 1.95. The second-order valence-electron chi connectivity index (χ2n) is 5.48. The molecule has 2 heterocycles. The number of nitrogens with one attached hydrogen (secondary N) is 1. The monoisotopic (exact) mass is 312 g/mol. The van der Waals surface area contributed by atoms with Gasteiger partial charge in [0.15, 0.2) is 0 Å². The Morgan fingerprint density at radius 3 is 2.81 bits per heavy atom. The fourth-order valence-electron chi connectivity index (χ4n) is 2.47. The molecule has 1 N–H and O–H groups in total. The van der Waals surface area contributed by atoms with Crippen molar-refractivity contribution in [2.75, 3.05) is 33.5 Å². The third kappa shape index (κ3) is 4.03. The van der Waals surface area contributed by atoms with Crippen LogP contribution in [-0.2, 0) is 14.3 Å². The van der Waals surface area contributed by atoms with Gasteiger partial charge in [0.1, 0.15) is 6.17 Å². The van der Waals surface area contributed by atoms with E-state index >= 15 is 0 Å². The molecule has 2 rings (SSSR count). The number of nitrogens with zero attached hydrogens (tertiary/aromatic N) is 1. The molecule has 1 aromatic rings. The van der Waals surface area contributed by atoms with Crippen molar-refractivity contribution in [1.82, 2.24) is 10.2 Å². The van der Waals surface area contributed by atoms with Crippen molar-refractivity contribution >= 4 is 17.2 Å². The average molecular weight is 312 g/mol. The third-order valence-corrected chi connectivity index (χ3v) is 4.33. The third-order valence-electron chi connectivity index (χ3n) is 3.63. The van der Waals surface area contributed by atoms with Gasteiger partial charge in [0.25, 0.3) is 0 Å². The number of ether oxygens (including phenoxy) is 2. The molecule has 5 nitrogen and oxygen atoms in total. The molecule has 1 aromatic heterocycles. The van der Waals surface area contributed by atoms with Gasteiger partial charge in [-0.1, -0.05) is 13.8 Å². The van der Waals surface area contributed by atoms with Gasteiger partial charge >= 0.3 is 0 Å². The summed E-state index contributed by atoms with van der Waals surface area (Å²) in [5.74, 6) is 0.439. The van der Waals surface area contributed by atoms with Crippen LogP contribution in [0.3, 0.4) is 0 Å². The normalized spacial score (nSPS) is 22.5. The lowest BCUT2D eigenvalue weighted by Gasteiger charge is -2.23. The molecule has 0 aliphatic carbocycles. The number of thiophene rings is 1. The van der Waals surface area contributed by atoms with Crippen LogP contribution in [0.2, 0.25) is 0 Å². The Kier molecular flexibility index (Phi) is 6.17. The average Bonchev–Trinajstić information content (AvgIpc) is 3.07. The molecule has 0 spiro atoms. The van der Waals surface area contributed by atoms with Gasteiger partial charge in [-0.3, -0.25) is 10.1 Å². The summed E-state index contributed by atoms with van der Waals surface area (Å²) in [6.45, 7) is 6.40. The van der Waals surface area contributed by atoms with Gasteiger partial charge in [-0.25, -0.2) is 0 Å². The Balaban J connectivity index is 1.98. The highest BCUT2D eigenvalue weighted by atomic mass is 32.1. The number of carbonyl (C=O) groups excluding carboxylic acids is 1. The van der Waals surface area contributed by atoms with Crippen molar-refractivity contribution < 1.29 is 14.3 Å². The summed E-state index contributed by atoms with van der Waals surface area (Å²) in [6.07, 6.45) is -0.0397. The maximum absolute atomic E-state index is 12.6. The molecule has 2 atom stereocenters. The topological polar surface area (TPSA) is 50.8 Å². The second kappa shape index (κ2) is 7.89. The molecule has 1 fully saturated rings. The Hall–Kier alpha value is -0.950. The molecule has 0 radical (unpaired) electrons. The number of hydrogen-bond acceptors (Lipinski definition) is 5. The quantitative estimate of drug-likeness (QED) is 0.745. The van der Waals surface area contributed by atoms with Crippen LogP contribution in [0.25, 0.3) is 0 Å². The van der Waals surface area contributed by atoms with Crippen LogP contribution in [0.15, 0.2) is 16.8 Å². The maximum Gasteiger partial charge on any atom is 0.241 e. The molecule has 0 saturated carbocycles. The van der Waals surface area contributed by atoms with Crippen LogP contribution >= 0.6 is 11.3 Å². The van der Waals surface area contributed by atoms with E-state index in [1.54, 1.807) is 18.4 Å². The Morgan fingerprint density at radius 2 is 2.19 bits per heavy atom. The number of rotatable bonds is 8.